The maximum atomic E-state index is 12.1. The number of esters is 7. The van der Waals surface area contributed by atoms with Gasteiger partial charge in [0, 0.05) is 48.5 Å². The predicted octanol–water partition coefficient (Wildman–Crippen LogP) is -1.40. The third kappa shape index (κ3) is 10.7. The van der Waals surface area contributed by atoms with E-state index in [0.29, 0.717) is 0 Å². The van der Waals surface area contributed by atoms with Gasteiger partial charge in [-0.3, -0.25) is 33.6 Å². The first-order valence-corrected chi connectivity index (χ1v) is 13.3. The molecule has 1 unspecified atom stereocenters. The molecule has 2 heterocycles. The molecule has 2 saturated heterocycles. The second kappa shape index (κ2) is 16.3. The second-order valence-corrected chi connectivity index (χ2v) is 9.69. The monoisotopic (exact) mass is 636 g/mol. The fourth-order valence-corrected chi connectivity index (χ4v) is 4.52. The minimum atomic E-state index is -1.90. The summed E-state index contributed by atoms with van der Waals surface area (Å²) in [4.78, 5) is 83.0. The minimum Gasteiger partial charge on any atom is -0.463 e. The van der Waals surface area contributed by atoms with E-state index < -0.39 is 116 Å². The zero-order valence-electron chi connectivity index (χ0n) is 25.1. The van der Waals surface area contributed by atoms with Crippen molar-refractivity contribution in [3.8, 4) is 0 Å². The molecule has 2 aliphatic rings. The van der Waals surface area contributed by atoms with Gasteiger partial charge in [-0.15, -0.1) is 0 Å². The van der Waals surface area contributed by atoms with Gasteiger partial charge in [0.05, 0.1) is 6.61 Å². The first-order chi connectivity index (χ1) is 20.5. The third-order valence-corrected chi connectivity index (χ3v) is 5.89. The lowest BCUT2D eigenvalue weighted by Crippen LogP contribution is -2.64. The number of hydrogen-bond donors (Lipinski definition) is 1. The number of carbonyl (C=O) groups is 7. The van der Waals surface area contributed by atoms with Gasteiger partial charge in [-0.1, -0.05) is 0 Å². The minimum absolute atomic E-state index is 0.523. The van der Waals surface area contributed by atoms with Crippen molar-refractivity contribution < 1.29 is 86.0 Å². The maximum Gasteiger partial charge on any atom is 0.303 e. The van der Waals surface area contributed by atoms with Crippen molar-refractivity contribution in [1.29, 1.82) is 0 Å². The molecule has 0 bridgehead atoms. The summed E-state index contributed by atoms with van der Waals surface area (Å²) < 4.78 is 53.7. The van der Waals surface area contributed by atoms with Gasteiger partial charge < -0.3 is 52.5 Å². The Labute approximate surface area is 251 Å². The summed E-state index contributed by atoms with van der Waals surface area (Å²) in [6.07, 6.45) is -15.6. The van der Waals surface area contributed by atoms with Gasteiger partial charge in [0.2, 0.25) is 0 Å². The van der Waals surface area contributed by atoms with Gasteiger partial charge in [-0.25, -0.2) is 0 Å². The number of ether oxygens (including phenoxy) is 10. The highest BCUT2D eigenvalue weighted by molar-refractivity contribution is 5.69. The van der Waals surface area contributed by atoms with Crippen LogP contribution in [0.1, 0.15) is 48.5 Å². The molecule has 18 heteroatoms. The van der Waals surface area contributed by atoms with E-state index in [1.54, 1.807) is 0 Å². The highest BCUT2D eigenvalue weighted by atomic mass is 16.7. The molecule has 0 spiro atoms. The normalized spacial score (nSPS) is 31.5. The molecule has 44 heavy (non-hydrogen) atoms. The van der Waals surface area contributed by atoms with E-state index in [1.807, 2.05) is 0 Å². The SMILES string of the molecule is CC(=O)OC[C@H]1O[C@@H](OC[C@H]2OC(O)[C@@H](OC(C)=O)[C@@H](OC(C)=O)[C@@H]2OC(C)=O)[C@H](OC(C)=O)[C@@H](OC(C)=O)[C@@H]1OC(C)=O. The van der Waals surface area contributed by atoms with E-state index in [1.165, 1.54) is 0 Å². The Bertz CT molecular complexity index is 1090. The molecule has 10 atom stereocenters. The van der Waals surface area contributed by atoms with Crippen molar-refractivity contribution in [3.05, 3.63) is 0 Å². The van der Waals surface area contributed by atoms with Gasteiger partial charge in [-0.05, 0) is 0 Å². The Morgan fingerprint density at radius 2 is 0.841 bits per heavy atom. The van der Waals surface area contributed by atoms with E-state index in [4.69, 9.17) is 47.4 Å². The van der Waals surface area contributed by atoms with Crippen molar-refractivity contribution in [2.45, 2.75) is 110 Å². The van der Waals surface area contributed by atoms with Gasteiger partial charge >= 0.3 is 41.8 Å². The average molecular weight is 637 g/mol. The van der Waals surface area contributed by atoms with Gasteiger partial charge in [0.15, 0.2) is 49.2 Å². The summed E-state index contributed by atoms with van der Waals surface area (Å²) >= 11 is 0. The van der Waals surface area contributed by atoms with Crippen LogP contribution in [0.4, 0.5) is 0 Å². The van der Waals surface area contributed by atoms with Crippen LogP contribution in [0.5, 0.6) is 0 Å². The van der Waals surface area contributed by atoms with Crippen LogP contribution in [0.2, 0.25) is 0 Å². The van der Waals surface area contributed by atoms with Gasteiger partial charge in [0.25, 0.3) is 0 Å². The lowest BCUT2D eigenvalue weighted by atomic mass is 9.97. The number of carbonyl (C=O) groups excluding carboxylic acids is 7. The van der Waals surface area contributed by atoms with Crippen molar-refractivity contribution in [3.63, 3.8) is 0 Å². The zero-order valence-corrected chi connectivity index (χ0v) is 25.1. The molecule has 248 valence electrons. The standard InChI is InChI=1S/C26H36O18/c1-10(27)35-8-18-20(38-12(3)29)22(40-14(5)31)24(42-16(7)33)26(44-18)36-9-17-19(37-11(2)28)21(39-13(4)30)23(25(34)43-17)41-15(6)32/h17-26,34H,8-9H2,1-7H3/t17-,18-,19-,20-,21+,22+,23+,24-,25?,26-/m1/s1. The smallest absolute Gasteiger partial charge is 0.303 e. The third-order valence-electron chi connectivity index (χ3n) is 5.89. The molecule has 0 amide bonds. The molecule has 0 aliphatic carbocycles. The van der Waals surface area contributed by atoms with Crippen LogP contribution in [0.25, 0.3) is 0 Å². The maximum absolute atomic E-state index is 12.1. The molecule has 1 N–H and O–H groups in total. The topological polar surface area (TPSA) is 232 Å². The Balaban J connectivity index is 2.48. The summed E-state index contributed by atoms with van der Waals surface area (Å²) in [6.45, 7) is 6.15. The molecule has 0 radical (unpaired) electrons. The number of rotatable bonds is 11. The number of aliphatic hydroxyl groups excluding tert-OH is 1. The van der Waals surface area contributed by atoms with Crippen LogP contribution >= 0.6 is 0 Å². The Hall–Kier alpha value is -3.87. The summed E-state index contributed by atoms with van der Waals surface area (Å²) in [6, 6.07) is 0. The fourth-order valence-electron chi connectivity index (χ4n) is 4.52. The summed E-state index contributed by atoms with van der Waals surface area (Å²) in [7, 11) is 0. The molecule has 2 fully saturated rings. The highest BCUT2D eigenvalue weighted by Gasteiger charge is 2.55. The molecule has 0 aromatic heterocycles. The largest absolute Gasteiger partial charge is 0.463 e. The van der Waals surface area contributed by atoms with Crippen molar-refractivity contribution >= 4 is 41.8 Å². The van der Waals surface area contributed by atoms with Crippen LogP contribution in [0.15, 0.2) is 0 Å². The molecule has 18 nitrogen and oxygen atoms in total. The number of aliphatic hydroxyl groups is 1. The lowest BCUT2D eigenvalue weighted by Gasteiger charge is -2.45. The van der Waals surface area contributed by atoms with E-state index in [9.17, 15) is 38.7 Å². The number of hydrogen-bond acceptors (Lipinski definition) is 18. The molecule has 2 aliphatic heterocycles. The van der Waals surface area contributed by atoms with Crippen LogP contribution in [-0.2, 0) is 80.9 Å². The van der Waals surface area contributed by atoms with E-state index in [0.717, 1.165) is 48.5 Å². The van der Waals surface area contributed by atoms with Crippen molar-refractivity contribution in [1.82, 2.24) is 0 Å². The van der Waals surface area contributed by atoms with Crippen molar-refractivity contribution in [2.75, 3.05) is 13.2 Å². The first-order valence-electron chi connectivity index (χ1n) is 13.3. The Kier molecular flexibility index (Phi) is 13.4. The summed E-state index contributed by atoms with van der Waals surface area (Å²) in [5.41, 5.74) is 0. The van der Waals surface area contributed by atoms with E-state index in [2.05, 4.69) is 0 Å². The summed E-state index contributed by atoms with van der Waals surface area (Å²) in [5.74, 6) is -5.94. The molecular formula is C26H36O18. The predicted molar refractivity (Wildman–Crippen MR) is 135 cm³/mol. The Morgan fingerprint density at radius 3 is 1.27 bits per heavy atom. The fraction of sp³-hybridized carbons (Fsp3) is 0.731. The van der Waals surface area contributed by atoms with Crippen LogP contribution in [-0.4, -0.2) is 122 Å². The average Bonchev–Trinajstić information content (AvgIpc) is 2.87. The van der Waals surface area contributed by atoms with Crippen LogP contribution < -0.4 is 0 Å². The summed E-state index contributed by atoms with van der Waals surface area (Å²) in [5, 5.41) is 10.6. The zero-order chi connectivity index (χ0) is 33.3. The Morgan fingerprint density at radius 1 is 0.477 bits per heavy atom. The molecule has 0 aromatic rings. The highest BCUT2D eigenvalue weighted by Crippen LogP contribution is 2.32. The van der Waals surface area contributed by atoms with E-state index in [-0.39, 0.29) is 0 Å². The molecule has 2 rings (SSSR count). The quantitative estimate of drug-likeness (QED) is 0.203. The lowest BCUT2D eigenvalue weighted by molar-refractivity contribution is -0.330. The van der Waals surface area contributed by atoms with Gasteiger partial charge in [-0.2, -0.15) is 0 Å². The molecule has 0 saturated carbocycles. The van der Waals surface area contributed by atoms with Gasteiger partial charge in [0.1, 0.15) is 18.8 Å². The first kappa shape index (κ1) is 36.3. The van der Waals surface area contributed by atoms with Crippen LogP contribution in [0.3, 0.4) is 0 Å². The molecular weight excluding hydrogens is 600 g/mol. The van der Waals surface area contributed by atoms with Crippen LogP contribution in [0, 0.1) is 0 Å². The second-order valence-electron chi connectivity index (χ2n) is 9.69. The van der Waals surface area contributed by atoms with Crippen molar-refractivity contribution in [2.24, 2.45) is 0 Å². The van der Waals surface area contributed by atoms with E-state index >= 15 is 0 Å². The molecule has 0 aromatic carbocycles.